The van der Waals surface area contributed by atoms with Crippen LogP contribution in [0, 0.1) is 5.82 Å². The van der Waals surface area contributed by atoms with E-state index < -0.39 is 12.4 Å². The molecule has 1 N–H and O–H groups in total. The van der Waals surface area contributed by atoms with Crippen molar-refractivity contribution in [2.45, 2.75) is 45.4 Å². The van der Waals surface area contributed by atoms with Gasteiger partial charge in [0.1, 0.15) is 17.9 Å². The minimum Gasteiger partial charge on any atom is -0.406 e. The number of alkyl halides is 3. The number of anilines is 1. The molecule has 1 saturated heterocycles. The van der Waals surface area contributed by atoms with Gasteiger partial charge in [0.25, 0.3) is 0 Å². The van der Waals surface area contributed by atoms with Crippen molar-refractivity contribution in [2.75, 3.05) is 23.7 Å². The number of carbonyl (C=O) groups excluding carboxylic acids is 1. The van der Waals surface area contributed by atoms with Crippen LogP contribution in [0.5, 0.6) is 5.75 Å². The molecule has 0 bridgehead atoms. The summed E-state index contributed by atoms with van der Waals surface area (Å²) in [5, 5.41) is 7.92. The van der Waals surface area contributed by atoms with Gasteiger partial charge >= 0.3 is 12.4 Å². The quantitative estimate of drug-likeness (QED) is 0.149. The summed E-state index contributed by atoms with van der Waals surface area (Å²) in [7, 11) is 0. The molecule has 1 aliphatic rings. The van der Waals surface area contributed by atoms with Crippen molar-refractivity contribution in [3.05, 3.63) is 90.0 Å². The molecule has 0 unspecified atom stereocenters. The number of aliphatic imine (C=N–C) groups is 1. The van der Waals surface area contributed by atoms with Crippen molar-refractivity contribution in [2.24, 2.45) is 4.99 Å². The number of amides is 2. The van der Waals surface area contributed by atoms with E-state index in [1.807, 2.05) is 43.0 Å². The summed E-state index contributed by atoms with van der Waals surface area (Å²) in [4.78, 5) is 23.4. The van der Waals surface area contributed by atoms with Crippen LogP contribution < -0.4 is 15.0 Å². The zero-order valence-corrected chi connectivity index (χ0v) is 25.5. The van der Waals surface area contributed by atoms with E-state index in [0.717, 1.165) is 41.0 Å². The van der Waals surface area contributed by atoms with Crippen molar-refractivity contribution < 1.29 is 27.1 Å². The SMILES string of the molecule is CC(C)c1cc(F)ccc1N1CCCSC1=NC(=O)NCCCc1ccc(-c2ncn(-c3ccc(OC(F)(F)F)cc3)n2)cc1. The van der Waals surface area contributed by atoms with E-state index in [1.165, 1.54) is 53.1 Å². The second-order valence-corrected chi connectivity index (χ2v) is 11.8. The molecule has 1 fully saturated rings. The van der Waals surface area contributed by atoms with Gasteiger partial charge < -0.3 is 15.0 Å². The molecule has 3 aromatic carbocycles. The number of nitrogens with one attached hydrogen (secondary N) is 1. The second-order valence-electron chi connectivity index (χ2n) is 10.7. The second kappa shape index (κ2) is 14.1. The zero-order chi connectivity index (χ0) is 32.0. The molecule has 1 aliphatic heterocycles. The van der Waals surface area contributed by atoms with Crippen molar-refractivity contribution in [3.8, 4) is 22.8 Å². The molecular weight excluding hydrogens is 608 g/mol. The van der Waals surface area contributed by atoms with Gasteiger partial charge in [-0.05, 0) is 78.8 Å². The summed E-state index contributed by atoms with van der Waals surface area (Å²) in [6.45, 7) is 5.20. The fourth-order valence-corrected chi connectivity index (χ4v) is 5.81. The Bertz CT molecular complexity index is 1640. The van der Waals surface area contributed by atoms with Crippen molar-refractivity contribution in [3.63, 3.8) is 0 Å². The third kappa shape index (κ3) is 8.62. The fourth-order valence-electron chi connectivity index (χ4n) is 4.86. The van der Waals surface area contributed by atoms with Crippen molar-refractivity contribution in [1.82, 2.24) is 20.1 Å². The Hall–Kier alpha value is -4.39. The highest BCUT2D eigenvalue weighted by atomic mass is 32.2. The minimum absolute atomic E-state index is 0.122. The molecule has 8 nitrogen and oxygen atoms in total. The Labute approximate surface area is 262 Å². The van der Waals surface area contributed by atoms with Crippen LogP contribution in [0.2, 0.25) is 0 Å². The van der Waals surface area contributed by atoms with E-state index in [0.29, 0.717) is 36.2 Å². The van der Waals surface area contributed by atoms with Gasteiger partial charge in [0.05, 0.1) is 5.69 Å². The van der Waals surface area contributed by atoms with E-state index in [2.05, 4.69) is 25.1 Å². The standard InChI is InChI=1S/C32H32F4N6O2S/c1-21(2)27-19-24(33)10-15-28(27)41-17-4-18-45-31(41)39-30(43)37-16-3-5-22-6-8-23(9-7-22)29-38-20-42(40-29)25-11-13-26(14-12-25)44-32(34,35)36/h6-15,19-21H,3-5,16-18H2,1-2H3,(H,37,43). The number of nitrogens with zero attached hydrogens (tertiary/aromatic N) is 5. The van der Waals surface area contributed by atoms with Gasteiger partial charge in [-0.3, -0.25) is 0 Å². The summed E-state index contributed by atoms with van der Waals surface area (Å²) >= 11 is 1.52. The molecule has 0 atom stereocenters. The van der Waals surface area contributed by atoms with E-state index in [4.69, 9.17) is 0 Å². The third-order valence-electron chi connectivity index (χ3n) is 7.04. The highest BCUT2D eigenvalue weighted by Gasteiger charge is 2.31. The Morgan fingerprint density at radius 3 is 2.56 bits per heavy atom. The fraction of sp³-hybridized carbons (Fsp3) is 0.312. The van der Waals surface area contributed by atoms with E-state index >= 15 is 0 Å². The number of urea groups is 1. The summed E-state index contributed by atoms with van der Waals surface area (Å²) in [5.74, 6) is 0.861. The number of halogens is 4. The lowest BCUT2D eigenvalue weighted by Gasteiger charge is -2.32. The van der Waals surface area contributed by atoms with Gasteiger partial charge in [-0.25, -0.2) is 18.9 Å². The maximum Gasteiger partial charge on any atom is 0.573 e. The first kappa shape index (κ1) is 32.0. The van der Waals surface area contributed by atoms with Gasteiger partial charge in [-0.2, -0.15) is 4.99 Å². The smallest absolute Gasteiger partial charge is 0.406 e. The third-order valence-corrected chi connectivity index (χ3v) is 8.11. The van der Waals surface area contributed by atoms with E-state index in [-0.39, 0.29) is 17.5 Å². The van der Waals surface area contributed by atoms with Crippen LogP contribution in [0.1, 0.15) is 43.7 Å². The van der Waals surface area contributed by atoms with Crippen LogP contribution in [0.3, 0.4) is 0 Å². The van der Waals surface area contributed by atoms with Gasteiger partial charge in [-0.15, -0.1) is 18.3 Å². The topological polar surface area (TPSA) is 84.6 Å². The number of thioether (sulfide) groups is 1. The number of carbonyl (C=O) groups is 1. The number of hydrogen-bond donors (Lipinski definition) is 1. The van der Waals surface area contributed by atoms with Crippen molar-refractivity contribution in [1.29, 1.82) is 0 Å². The Balaban J connectivity index is 1.12. The molecule has 0 aliphatic carbocycles. The number of ether oxygens (including phenoxy) is 1. The average molecular weight is 641 g/mol. The van der Waals surface area contributed by atoms with E-state index in [1.54, 1.807) is 12.1 Å². The maximum absolute atomic E-state index is 13.9. The highest BCUT2D eigenvalue weighted by Crippen LogP contribution is 2.33. The summed E-state index contributed by atoms with van der Waals surface area (Å²) in [6.07, 6.45) is -0.876. The number of amidine groups is 1. The van der Waals surface area contributed by atoms with Crippen molar-refractivity contribution >= 4 is 28.6 Å². The molecule has 0 radical (unpaired) electrons. The lowest BCUT2D eigenvalue weighted by Crippen LogP contribution is -2.36. The van der Waals surface area contributed by atoms with Gasteiger partial charge in [-0.1, -0.05) is 49.9 Å². The number of aryl methyl sites for hydroxylation is 1. The molecule has 45 heavy (non-hydrogen) atoms. The first-order valence-electron chi connectivity index (χ1n) is 14.5. The lowest BCUT2D eigenvalue weighted by atomic mass is 10.00. The summed E-state index contributed by atoms with van der Waals surface area (Å²) in [6, 6.07) is 17.4. The van der Waals surface area contributed by atoms with Crippen LogP contribution in [0.15, 0.2) is 78.0 Å². The summed E-state index contributed by atoms with van der Waals surface area (Å²) in [5.41, 5.74) is 4.16. The Morgan fingerprint density at radius 2 is 1.84 bits per heavy atom. The van der Waals surface area contributed by atoms with Gasteiger partial charge in [0.15, 0.2) is 11.0 Å². The predicted molar refractivity (Wildman–Crippen MR) is 168 cm³/mol. The van der Waals surface area contributed by atoms with E-state index in [9.17, 15) is 22.4 Å². The first-order valence-corrected chi connectivity index (χ1v) is 15.5. The molecule has 1 aromatic heterocycles. The summed E-state index contributed by atoms with van der Waals surface area (Å²) < 4.78 is 56.5. The number of aromatic nitrogens is 3. The Morgan fingerprint density at radius 1 is 1.09 bits per heavy atom. The van der Waals surface area contributed by atoms with Crippen LogP contribution in [0.25, 0.3) is 17.1 Å². The zero-order valence-electron chi connectivity index (χ0n) is 24.7. The predicted octanol–water partition coefficient (Wildman–Crippen LogP) is 7.74. The molecule has 236 valence electrons. The van der Waals surface area contributed by atoms with Gasteiger partial charge in [0, 0.05) is 30.1 Å². The number of benzene rings is 3. The maximum atomic E-state index is 13.9. The largest absolute Gasteiger partial charge is 0.573 e. The average Bonchev–Trinajstić information content (AvgIpc) is 3.50. The Kier molecular flexibility index (Phi) is 10.1. The van der Waals surface area contributed by atoms with Crippen LogP contribution >= 0.6 is 11.8 Å². The molecule has 2 heterocycles. The number of rotatable bonds is 9. The highest BCUT2D eigenvalue weighted by molar-refractivity contribution is 8.14. The molecule has 2 amide bonds. The molecule has 4 aromatic rings. The van der Waals surface area contributed by atoms with Crippen LogP contribution in [-0.2, 0) is 6.42 Å². The van der Waals surface area contributed by atoms with Crippen LogP contribution in [0.4, 0.5) is 28.0 Å². The number of hydrogen-bond acceptors (Lipinski definition) is 5. The monoisotopic (exact) mass is 640 g/mol. The molecule has 0 spiro atoms. The molecular formula is C32H32F4N6O2S. The lowest BCUT2D eigenvalue weighted by molar-refractivity contribution is -0.274. The first-order chi connectivity index (χ1) is 21.6. The van der Waals surface area contributed by atoms with Crippen LogP contribution in [-0.4, -0.2) is 51.2 Å². The molecule has 0 saturated carbocycles. The molecule has 5 rings (SSSR count). The minimum atomic E-state index is -4.75. The van der Waals surface area contributed by atoms with Gasteiger partial charge in [0.2, 0.25) is 0 Å². The normalized spacial score (nSPS) is 14.6. The molecule has 13 heteroatoms.